The molecule has 3 heteroatoms. The van der Waals surface area contributed by atoms with E-state index in [1.165, 1.54) is 15.6 Å². The SMILES string of the molecule is Ic1cccc(O[C@H](c2ccccc2)[C@@H]2CCNC2)c1. The maximum atomic E-state index is 6.32. The second kappa shape index (κ2) is 6.59. The molecule has 2 nitrogen and oxygen atoms in total. The summed E-state index contributed by atoms with van der Waals surface area (Å²) in [5.74, 6) is 1.49. The van der Waals surface area contributed by atoms with Crippen LogP contribution in [0.25, 0.3) is 0 Å². The van der Waals surface area contributed by atoms with Crippen LogP contribution in [0.15, 0.2) is 54.6 Å². The van der Waals surface area contributed by atoms with Gasteiger partial charge in [0.15, 0.2) is 0 Å². The minimum atomic E-state index is 0.129. The predicted octanol–water partition coefficient (Wildman–Crippen LogP) is 4.02. The summed E-state index contributed by atoms with van der Waals surface area (Å²) >= 11 is 2.32. The van der Waals surface area contributed by atoms with E-state index in [4.69, 9.17) is 4.74 Å². The number of ether oxygens (including phenoxy) is 1. The molecular weight excluding hydrogens is 361 g/mol. The number of hydrogen-bond acceptors (Lipinski definition) is 2. The molecule has 1 heterocycles. The van der Waals surface area contributed by atoms with Crippen LogP contribution in [0.4, 0.5) is 0 Å². The molecule has 0 radical (unpaired) electrons. The highest BCUT2D eigenvalue weighted by Crippen LogP contribution is 2.32. The van der Waals surface area contributed by atoms with Gasteiger partial charge in [0.1, 0.15) is 11.9 Å². The first-order chi connectivity index (χ1) is 9.83. The molecule has 2 aromatic carbocycles. The van der Waals surface area contributed by atoms with Crippen molar-refractivity contribution in [2.75, 3.05) is 13.1 Å². The van der Waals surface area contributed by atoms with Crippen LogP contribution in [-0.2, 0) is 0 Å². The third-order valence-corrected chi connectivity index (χ3v) is 4.38. The molecule has 0 bridgehead atoms. The van der Waals surface area contributed by atoms with Gasteiger partial charge in [0.25, 0.3) is 0 Å². The van der Waals surface area contributed by atoms with E-state index in [1.807, 2.05) is 12.1 Å². The predicted molar refractivity (Wildman–Crippen MR) is 89.9 cm³/mol. The van der Waals surface area contributed by atoms with Crippen LogP contribution >= 0.6 is 22.6 Å². The van der Waals surface area contributed by atoms with Gasteiger partial charge in [-0.05, 0) is 59.3 Å². The highest BCUT2D eigenvalue weighted by molar-refractivity contribution is 14.1. The van der Waals surface area contributed by atoms with Gasteiger partial charge >= 0.3 is 0 Å². The van der Waals surface area contributed by atoms with Crippen LogP contribution in [0.5, 0.6) is 5.75 Å². The van der Waals surface area contributed by atoms with E-state index in [9.17, 15) is 0 Å². The molecule has 0 aromatic heterocycles. The van der Waals surface area contributed by atoms with Crippen molar-refractivity contribution in [2.24, 2.45) is 5.92 Å². The molecule has 20 heavy (non-hydrogen) atoms. The smallest absolute Gasteiger partial charge is 0.128 e. The van der Waals surface area contributed by atoms with E-state index < -0.39 is 0 Å². The van der Waals surface area contributed by atoms with Crippen molar-refractivity contribution in [3.63, 3.8) is 0 Å². The first kappa shape index (κ1) is 13.9. The average molecular weight is 379 g/mol. The normalized spacial score (nSPS) is 19.8. The zero-order chi connectivity index (χ0) is 13.8. The van der Waals surface area contributed by atoms with Crippen molar-refractivity contribution in [3.05, 3.63) is 63.7 Å². The lowest BCUT2D eigenvalue weighted by Gasteiger charge is -2.25. The molecule has 0 saturated carbocycles. The Morgan fingerprint density at radius 2 is 1.95 bits per heavy atom. The summed E-state index contributed by atoms with van der Waals surface area (Å²) in [5, 5.41) is 3.44. The molecule has 1 aliphatic rings. The van der Waals surface area contributed by atoms with Gasteiger partial charge in [-0.1, -0.05) is 36.4 Å². The molecule has 3 rings (SSSR count). The van der Waals surface area contributed by atoms with E-state index in [1.54, 1.807) is 0 Å². The Hall–Kier alpha value is -1.07. The van der Waals surface area contributed by atoms with Gasteiger partial charge in [-0.3, -0.25) is 0 Å². The largest absolute Gasteiger partial charge is 0.485 e. The molecule has 0 amide bonds. The topological polar surface area (TPSA) is 21.3 Å². The zero-order valence-corrected chi connectivity index (χ0v) is 13.4. The Labute approximate surface area is 133 Å². The maximum absolute atomic E-state index is 6.32. The summed E-state index contributed by atoms with van der Waals surface area (Å²) in [6.07, 6.45) is 1.30. The average Bonchev–Trinajstić information content (AvgIpc) is 3.00. The van der Waals surface area contributed by atoms with E-state index >= 15 is 0 Å². The molecule has 1 saturated heterocycles. The molecule has 0 aliphatic carbocycles. The third-order valence-electron chi connectivity index (χ3n) is 3.71. The third kappa shape index (κ3) is 3.33. The van der Waals surface area contributed by atoms with Gasteiger partial charge in [-0.2, -0.15) is 0 Å². The molecular formula is C17H18INO. The fraction of sp³-hybridized carbons (Fsp3) is 0.294. The Balaban J connectivity index is 1.85. The summed E-state index contributed by atoms with van der Waals surface area (Å²) in [5.41, 5.74) is 1.26. The molecule has 1 fully saturated rings. The van der Waals surface area contributed by atoms with E-state index in [0.717, 1.165) is 18.8 Å². The number of rotatable bonds is 4. The Bertz CT molecular complexity index is 552. The maximum Gasteiger partial charge on any atom is 0.128 e. The van der Waals surface area contributed by atoms with Crippen molar-refractivity contribution >= 4 is 22.6 Å². The Morgan fingerprint density at radius 3 is 2.65 bits per heavy atom. The summed E-state index contributed by atoms with van der Waals surface area (Å²) < 4.78 is 7.53. The summed E-state index contributed by atoms with van der Waals surface area (Å²) in [6, 6.07) is 18.8. The highest BCUT2D eigenvalue weighted by atomic mass is 127. The minimum absolute atomic E-state index is 0.129. The second-order valence-electron chi connectivity index (χ2n) is 5.16. The van der Waals surface area contributed by atoms with Crippen LogP contribution in [0.2, 0.25) is 0 Å². The first-order valence-corrected chi connectivity index (χ1v) is 8.09. The molecule has 0 spiro atoms. The molecule has 1 N–H and O–H groups in total. The first-order valence-electron chi connectivity index (χ1n) is 7.01. The standard InChI is InChI=1S/C17H18INO/c18-15-7-4-8-16(11-15)20-17(14-9-10-19-12-14)13-5-2-1-3-6-13/h1-8,11,14,17,19H,9-10,12H2/t14-,17-/m1/s1. The van der Waals surface area contributed by atoms with Gasteiger partial charge in [0.2, 0.25) is 0 Å². The van der Waals surface area contributed by atoms with Gasteiger partial charge in [0.05, 0.1) is 0 Å². The van der Waals surface area contributed by atoms with E-state index in [2.05, 4.69) is 70.4 Å². The minimum Gasteiger partial charge on any atom is -0.485 e. The number of benzene rings is 2. The van der Waals surface area contributed by atoms with Crippen molar-refractivity contribution in [1.29, 1.82) is 0 Å². The quantitative estimate of drug-likeness (QED) is 0.811. The van der Waals surface area contributed by atoms with Crippen molar-refractivity contribution < 1.29 is 4.74 Å². The Morgan fingerprint density at radius 1 is 1.10 bits per heavy atom. The second-order valence-corrected chi connectivity index (χ2v) is 6.41. The molecule has 2 aromatic rings. The van der Waals surface area contributed by atoms with Crippen LogP contribution in [0.1, 0.15) is 18.1 Å². The van der Waals surface area contributed by atoms with Crippen LogP contribution in [0.3, 0.4) is 0 Å². The summed E-state index contributed by atoms with van der Waals surface area (Å²) in [6.45, 7) is 2.12. The van der Waals surface area contributed by atoms with E-state index in [0.29, 0.717) is 5.92 Å². The van der Waals surface area contributed by atoms with Crippen molar-refractivity contribution in [2.45, 2.75) is 12.5 Å². The van der Waals surface area contributed by atoms with Crippen molar-refractivity contribution in [1.82, 2.24) is 5.32 Å². The van der Waals surface area contributed by atoms with Crippen LogP contribution in [0, 0.1) is 9.49 Å². The van der Waals surface area contributed by atoms with Gasteiger partial charge in [-0.25, -0.2) is 0 Å². The molecule has 2 atom stereocenters. The van der Waals surface area contributed by atoms with E-state index in [-0.39, 0.29) is 6.10 Å². The lowest BCUT2D eigenvalue weighted by Crippen LogP contribution is -2.21. The number of halogens is 1. The van der Waals surface area contributed by atoms with Crippen molar-refractivity contribution in [3.8, 4) is 5.75 Å². The fourth-order valence-corrected chi connectivity index (χ4v) is 3.22. The lowest BCUT2D eigenvalue weighted by molar-refractivity contribution is 0.144. The highest BCUT2D eigenvalue weighted by Gasteiger charge is 2.27. The number of nitrogens with one attached hydrogen (secondary N) is 1. The van der Waals surface area contributed by atoms with Gasteiger partial charge in [0, 0.05) is 16.0 Å². The summed E-state index contributed by atoms with van der Waals surface area (Å²) in [7, 11) is 0. The molecule has 1 aliphatic heterocycles. The van der Waals surface area contributed by atoms with Crippen LogP contribution in [-0.4, -0.2) is 13.1 Å². The lowest BCUT2D eigenvalue weighted by atomic mass is 9.95. The number of hydrogen-bond donors (Lipinski definition) is 1. The summed E-state index contributed by atoms with van der Waals surface area (Å²) in [4.78, 5) is 0. The molecule has 104 valence electrons. The fourth-order valence-electron chi connectivity index (χ4n) is 2.70. The Kier molecular flexibility index (Phi) is 4.58. The molecule has 0 unspecified atom stereocenters. The monoisotopic (exact) mass is 379 g/mol. The van der Waals surface area contributed by atoms with Gasteiger partial charge < -0.3 is 10.1 Å². The van der Waals surface area contributed by atoms with Gasteiger partial charge in [-0.15, -0.1) is 0 Å². The zero-order valence-electron chi connectivity index (χ0n) is 11.3. The van der Waals surface area contributed by atoms with Crippen LogP contribution < -0.4 is 10.1 Å².